The Morgan fingerprint density at radius 2 is 1.75 bits per heavy atom. The van der Waals surface area contributed by atoms with Crippen LogP contribution in [-0.2, 0) is 14.8 Å². The van der Waals surface area contributed by atoms with E-state index in [-0.39, 0.29) is 4.90 Å². The summed E-state index contributed by atoms with van der Waals surface area (Å²) in [6.45, 7) is 4.70. The molecule has 1 aliphatic heterocycles. The number of hydrogen-bond acceptors (Lipinski definition) is 4. The molecule has 2 aromatic rings. The van der Waals surface area contributed by atoms with E-state index in [2.05, 4.69) is 9.62 Å². The fraction of sp³-hybridized carbons (Fsp3) is 0.294. The second-order valence-corrected chi connectivity index (χ2v) is 7.34. The van der Waals surface area contributed by atoms with Crippen LogP contribution >= 0.6 is 0 Å². The molecule has 0 saturated carbocycles. The molecule has 128 valence electrons. The van der Waals surface area contributed by atoms with Gasteiger partial charge in [0.05, 0.1) is 23.8 Å². The van der Waals surface area contributed by atoms with Crippen LogP contribution in [0.1, 0.15) is 5.56 Å². The lowest BCUT2D eigenvalue weighted by Gasteiger charge is -2.29. The number of sulfonamides is 1. The van der Waals surface area contributed by atoms with Gasteiger partial charge < -0.3 is 9.64 Å². The standard InChI is InChI=1S/C17H19FN2O3S/c1-13-2-5-15(20-8-10-23-11-9-20)12-17(13)19-24(21,22)16-6-3-14(18)4-7-16/h2-7,12,19H,8-11H2,1H3. The average Bonchev–Trinajstić information content (AvgIpc) is 2.58. The summed E-state index contributed by atoms with van der Waals surface area (Å²) in [5.41, 5.74) is 2.28. The van der Waals surface area contributed by atoms with E-state index >= 15 is 0 Å². The second kappa shape index (κ2) is 6.78. The van der Waals surface area contributed by atoms with Crippen LogP contribution < -0.4 is 9.62 Å². The minimum atomic E-state index is -3.76. The first-order valence-electron chi connectivity index (χ1n) is 7.67. The predicted octanol–water partition coefficient (Wildman–Crippen LogP) is 2.77. The highest BCUT2D eigenvalue weighted by Gasteiger charge is 2.17. The van der Waals surface area contributed by atoms with Crippen molar-refractivity contribution >= 4 is 21.4 Å². The molecule has 24 heavy (non-hydrogen) atoms. The quantitative estimate of drug-likeness (QED) is 0.921. The highest BCUT2D eigenvalue weighted by molar-refractivity contribution is 7.92. The molecule has 0 amide bonds. The smallest absolute Gasteiger partial charge is 0.261 e. The van der Waals surface area contributed by atoms with Crippen LogP contribution in [0.15, 0.2) is 47.4 Å². The number of benzene rings is 2. The van der Waals surface area contributed by atoms with Gasteiger partial charge in [0.2, 0.25) is 0 Å². The third-order valence-corrected chi connectivity index (χ3v) is 5.35. The summed E-state index contributed by atoms with van der Waals surface area (Å²) in [5.74, 6) is -0.473. The van der Waals surface area contributed by atoms with Gasteiger partial charge in [0, 0.05) is 18.8 Å². The molecule has 0 spiro atoms. The molecule has 0 radical (unpaired) electrons. The predicted molar refractivity (Wildman–Crippen MR) is 91.4 cm³/mol. The fourth-order valence-electron chi connectivity index (χ4n) is 2.56. The Labute approximate surface area is 141 Å². The summed E-state index contributed by atoms with van der Waals surface area (Å²) in [6.07, 6.45) is 0. The number of anilines is 2. The Balaban J connectivity index is 1.87. The molecule has 1 N–H and O–H groups in total. The minimum absolute atomic E-state index is 0.0278. The number of aryl methyl sites for hydroxylation is 1. The minimum Gasteiger partial charge on any atom is -0.378 e. The molecule has 1 fully saturated rings. The van der Waals surface area contributed by atoms with Gasteiger partial charge in [0.25, 0.3) is 10.0 Å². The van der Waals surface area contributed by atoms with E-state index in [1.807, 2.05) is 25.1 Å². The molecular formula is C17H19FN2O3S. The van der Waals surface area contributed by atoms with Gasteiger partial charge in [0.15, 0.2) is 0 Å². The van der Waals surface area contributed by atoms with Crippen LogP contribution in [0.2, 0.25) is 0 Å². The van der Waals surface area contributed by atoms with Crippen molar-refractivity contribution in [2.75, 3.05) is 35.9 Å². The van der Waals surface area contributed by atoms with Gasteiger partial charge in [0.1, 0.15) is 5.82 Å². The molecule has 7 heteroatoms. The average molecular weight is 350 g/mol. The summed E-state index contributed by atoms with van der Waals surface area (Å²) in [4.78, 5) is 2.18. The summed E-state index contributed by atoms with van der Waals surface area (Å²) in [5, 5.41) is 0. The van der Waals surface area contributed by atoms with Crippen LogP contribution in [0, 0.1) is 12.7 Å². The number of nitrogens with one attached hydrogen (secondary N) is 1. The molecule has 0 unspecified atom stereocenters. The van der Waals surface area contributed by atoms with Gasteiger partial charge in [-0.1, -0.05) is 6.07 Å². The van der Waals surface area contributed by atoms with Crippen molar-refractivity contribution in [1.82, 2.24) is 0 Å². The van der Waals surface area contributed by atoms with Gasteiger partial charge in [-0.25, -0.2) is 12.8 Å². The number of halogens is 1. The largest absolute Gasteiger partial charge is 0.378 e. The van der Waals surface area contributed by atoms with E-state index < -0.39 is 15.8 Å². The lowest BCUT2D eigenvalue weighted by Crippen LogP contribution is -2.36. The zero-order valence-corrected chi connectivity index (χ0v) is 14.1. The zero-order chi connectivity index (χ0) is 17.2. The third-order valence-electron chi connectivity index (χ3n) is 3.97. The first-order valence-corrected chi connectivity index (χ1v) is 9.16. The van der Waals surface area contributed by atoms with Crippen molar-refractivity contribution in [3.8, 4) is 0 Å². The topological polar surface area (TPSA) is 58.6 Å². The Morgan fingerprint density at radius 3 is 2.42 bits per heavy atom. The van der Waals surface area contributed by atoms with E-state index in [0.717, 1.165) is 36.5 Å². The molecule has 1 heterocycles. The van der Waals surface area contributed by atoms with Crippen molar-refractivity contribution in [2.24, 2.45) is 0 Å². The zero-order valence-electron chi connectivity index (χ0n) is 13.3. The fourth-order valence-corrected chi connectivity index (χ4v) is 3.68. The van der Waals surface area contributed by atoms with Gasteiger partial charge in [-0.3, -0.25) is 4.72 Å². The lowest BCUT2D eigenvalue weighted by molar-refractivity contribution is 0.122. The van der Waals surface area contributed by atoms with Gasteiger partial charge >= 0.3 is 0 Å². The lowest BCUT2D eigenvalue weighted by atomic mass is 10.1. The molecule has 3 rings (SSSR count). The molecule has 0 atom stereocenters. The summed E-state index contributed by atoms with van der Waals surface area (Å²) in [6, 6.07) is 10.4. The SMILES string of the molecule is Cc1ccc(N2CCOCC2)cc1NS(=O)(=O)c1ccc(F)cc1. The van der Waals surface area contributed by atoms with Crippen molar-refractivity contribution in [3.05, 3.63) is 53.8 Å². The number of rotatable bonds is 4. The van der Waals surface area contributed by atoms with Crippen LogP contribution in [0.3, 0.4) is 0 Å². The maximum atomic E-state index is 13.0. The normalized spacial score (nSPS) is 15.3. The summed E-state index contributed by atoms with van der Waals surface area (Å²) in [7, 11) is -3.76. The maximum absolute atomic E-state index is 13.0. The van der Waals surface area contributed by atoms with Crippen LogP contribution in [0.4, 0.5) is 15.8 Å². The Kier molecular flexibility index (Phi) is 4.73. The molecule has 0 aromatic heterocycles. The number of hydrogen-bond donors (Lipinski definition) is 1. The van der Waals surface area contributed by atoms with Crippen LogP contribution in [0.25, 0.3) is 0 Å². The number of morpholine rings is 1. The first-order chi connectivity index (χ1) is 11.5. The van der Waals surface area contributed by atoms with Crippen LogP contribution in [0.5, 0.6) is 0 Å². The molecule has 5 nitrogen and oxygen atoms in total. The highest BCUT2D eigenvalue weighted by Crippen LogP contribution is 2.26. The van der Waals surface area contributed by atoms with Crippen molar-refractivity contribution in [2.45, 2.75) is 11.8 Å². The first kappa shape index (κ1) is 16.7. The number of ether oxygens (including phenoxy) is 1. The van der Waals surface area contributed by atoms with Gasteiger partial charge in [-0.2, -0.15) is 0 Å². The Hall–Kier alpha value is -2.12. The third kappa shape index (κ3) is 3.68. The second-order valence-electron chi connectivity index (χ2n) is 5.66. The highest BCUT2D eigenvalue weighted by atomic mass is 32.2. The van der Waals surface area contributed by atoms with Crippen molar-refractivity contribution in [3.63, 3.8) is 0 Å². The van der Waals surface area contributed by atoms with E-state index in [1.54, 1.807) is 0 Å². The van der Waals surface area contributed by atoms with Gasteiger partial charge in [-0.15, -0.1) is 0 Å². The van der Waals surface area contributed by atoms with E-state index in [4.69, 9.17) is 4.74 Å². The molecular weight excluding hydrogens is 331 g/mol. The summed E-state index contributed by atoms with van der Waals surface area (Å²) >= 11 is 0. The molecule has 0 bridgehead atoms. The van der Waals surface area contributed by atoms with E-state index in [0.29, 0.717) is 18.9 Å². The van der Waals surface area contributed by atoms with Crippen molar-refractivity contribution in [1.29, 1.82) is 0 Å². The van der Waals surface area contributed by atoms with Gasteiger partial charge in [-0.05, 0) is 48.9 Å². The number of nitrogens with zero attached hydrogens (tertiary/aromatic N) is 1. The summed E-state index contributed by atoms with van der Waals surface area (Å²) < 4.78 is 45.9. The Bertz CT molecular complexity index is 816. The monoisotopic (exact) mass is 350 g/mol. The molecule has 1 aliphatic rings. The van der Waals surface area contributed by atoms with E-state index in [9.17, 15) is 12.8 Å². The van der Waals surface area contributed by atoms with E-state index in [1.165, 1.54) is 12.1 Å². The van der Waals surface area contributed by atoms with Crippen molar-refractivity contribution < 1.29 is 17.5 Å². The van der Waals surface area contributed by atoms with Crippen LogP contribution in [-0.4, -0.2) is 34.7 Å². The molecule has 1 saturated heterocycles. The molecule has 2 aromatic carbocycles. The Morgan fingerprint density at radius 1 is 1.08 bits per heavy atom. The molecule has 0 aliphatic carbocycles. The maximum Gasteiger partial charge on any atom is 0.261 e.